The fourth-order valence-corrected chi connectivity index (χ4v) is 3.87. The van der Waals surface area contributed by atoms with E-state index >= 15 is 0 Å². The highest BCUT2D eigenvalue weighted by atomic mass is 35.5. The van der Waals surface area contributed by atoms with Gasteiger partial charge in [0.2, 0.25) is 5.91 Å². The second-order valence-corrected chi connectivity index (χ2v) is 7.00. The first-order chi connectivity index (χ1) is 10.9. The number of thiophene rings is 1. The van der Waals surface area contributed by atoms with Gasteiger partial charge in [0, 0.05) is 16.3 Å². The van der Waals surface area contributed by atoms with Gasteiger partial charge in [0.05, 0.1) is 19.1 Å². The van der Waals surface area contributed by atoms with Crippen LogP contribution in [0.3, 0.4) is 0 Å². The van der Waals surface area contributed by atoms with E-state index in [0.717, 1.165) is 15.6 Å². The van der Waals surface area contributed by atoms with Crippen molar-refractivity contribution in [3.63, 3.8) is 0 Å². The predicted molar refractivity (Wildman–Crippen MR) is 89.1 cm³/mol. The number of amides is 1. The van der Waals surface area contributed by atoms with Crippen LogP contribution >= 0.6 is 22.9 Å². The maximum atomic E-state index is 12.6. The van der Waals surface area contributed by atoms with Crippen LogP contribution in [0.15, 0.2) is 23.6 Å². The number of carbonyl (C=O) groups is 2. The lowest BCUT2D eigenvalue weighted by Gasteiger charge is -2.35. The van der Waals surface area contributed by atoms with Gasteiger partial charge in [-0.2, -0.15) is 0 Å². The molecule has 2 heterocycles. The molecular weight excluding hydrogens is 338 g/mol. The first-order valence-corrected chi connectivity index (χ1v) is 8.51. The zero-order valence-corrected chi connectivity index (χ0v) is 14.1. The minimum absolute atomic E-state index is 0.0847. The number of hydrogen-bond donors (Lipinski definition) is 1. The Kier molecular flexibility index (Phi) is 4.57. The minimum atomic E-state index is -1.04. The number of carbonyl (C=O) groups excluding carboxylic acids is 1. The van der Waals surface area contributed by atoms with E-state index in [4.69, 9.17) is 21.4 Å². The van der Waals surface area contributed by atoms with Gasteiger partial charge in [0.1, 0.15) is 0 Å². The average Bonchev–Trinajstić information content (AvgIpc) is 2.89. The molecular formula is C16H16ClNO4S. The van der Waals surface area contributed by atoms with Crippen LogP contribution in [0.1, 0.15) is 12.5 Å². The normalized spacial score (nSPS) is 21.6. The summed E-state index contributed by atoms with van der Waals surface area (Å²) in [7, 11) is 0. The minimum Gasteiger partial charge on any atom is -0.479 e. The van der Waals surface area contributed by atoms with Crippen LogP contribution in [-0.2, 0) is 20.7 Å². The molecule has 0 saturated carbocycles. The van der Waals surface area contributed by atoms with Crippen molar-refractivity contribution in [2.75, 3.05) is 13.1 Å². The van der Waals surface area contributed by atoms with Gasteiger partial charge in [-0.15, -0.1) is 11.3 Å². The molecule has 0 radical (unpaired) electrons. The largest absolute Gasteiger partial charge is 0.479 e. The predicted octanol–water partition coefficient (Wildman–Crippen LogP) is 2.80. The summed E-state index contributed by atoms with van der Waals surface area (Å²) < 4.78 is 6.42. The van der Waals surface area contributed by atoms with Gasteiger partial charge >= 0.3 is 5.97 Å². The molecule has 1 N–H and O–H groups in total. The van der Waals surface area contributed by atoms with Gasteiger partial charge in [0.15, 0.2) is 6.10 Å². The molecule has 1 aliphatic heterocycles. The Morgan fingerprint density at radius 2 is 2.22 bits per heavy atom. The summed E-state index contributed by atoms with van der Waals surface area (Å²) in [6.45, 7) is 2.27. The Labute approximate surface area is 142 Å². The van der Waals surface area contributed by atoms with E-state index in [9.17, 15) is 9.59 Å². The number of carboxylic acids is 1. The summed E-state index contributed by atoms with van der Waals surface area (Å²) >= 11 is 7.60. The number of hydrogen-bond acceptors (Lipinski definition) is 4. The number of benzene rings is 1. The van der Waals surface area contributed by atoms with Gasteiger partial charge in [-0.25, -0.2) is 4.79 Å². The Morgan fingerprint density at radius 3 is 2.96 bits per heavy atom. The van der Waals surface area contributed by atoms with Crippen molar-refractivity contribution < 1.29 is 19.4 Å². The number of fused-ring (bicyclic) bond motifs is 1. The molecule has 0 spiro atoms. The standard InChI is InChI=1S/C16H16ClNO4S/c1-9-6-18(7-13(22-9)16(20)21)15(19)4-10-8-23-14-3-2-11(17)5-12(10)14/h2-3,5,8-9,13H,4,6-7H2,1H3,(H,20,21)/t9-,13?/m1/s1. The topological polar surface area (TPSA) is 66.8 Å². The van der Waals surface area contributed by atoms with Crippen molar-refractivity contribution in [3.05, 3.63) is 34.2 Å². The van der Waals surface area contributed by atoms with E-state index in [1.807, 2.05) is 23.6 Å². The highest BCUT2D eigenvalue weighted by molar-refractivity contribution is 7.17. The quantitative estimate of drug-likeness (QED) is 0.921. The van der Waals surface area contributed by atoms with E-state index in [-0.39, 0.29) is 25.0 Å². The van der Waals surface area contributed by atoms with Crippen molar-refractivity contribution in [2.45, 2.75) is 25.6 Å². The first-order valence-electron chi connectivity index (χ1n) is 7.25. The molecule has 1 aromatic heterocycles. The average molecular weight is 354 g/mol. The number of morpholine rings is 1. The molecule has 1 aromatic carbocycles. The molecule has 122 valence electrons. The summed E-state index contributed by atoms with van der Waals surface area (Å²) in [4.78, 5) is 25.2. The van der Waals surface area contributed by atoms with Crippen molar-refractivity contribution >= 4 is 44.9 Å². The third-order valence-corrected chi connectivity index (χ3v) is 5.09. The SMILES string of the molecule is C[C@@H]1CN(C(=O)Cc2csc3ccc(Cl)cc23)CC(C(=O)O)O1. The number of carboxylic acid groups (broad SMARTS) is 1. The van der Waals surface area contributed by atoms with E-state index in [0.29, 0.717) is 11.6 Å². The first kappa shape index (κ1) is 16.2. The molecule has 23 heavy (non-hydrogen) atoms. The molecule has 1 fully saturated rings. The van der Waals surface area contributed by atoms with Crippen LogP contribution in [0.25, 0.3) is 10.1 Å². The Balaban J connectivity index is 1.77. The van der Waals surface area contributed by atoms with Crippen molar-refractivity contribution in [2.24, 2.45) is 0 Å². The lowest BCUT2D eigenvalue weighted by atomic mass is 10.1. The van der Waals surface area contributed by atoms with E-state index in [1.165, 1.54) is 0 Å². The highest BCUT2D eigenvalue weighted by Crippen LogP contribution is 2.29. The summed E-state index contributed by atoms with van der Waals surface area (Å²) in [6, 6.07) is 5.62. The van der Waals surface area contributed by atoms with Crippen molar-refractivity contribution in [1.29, 1.82) is 0 Å². The zero-order valence-electron chi connectivity index (χ0n) is 12.5. The number of nitrogens with zero attached hydrogens (tertiary/aromatic N) is 1. The zero-order chi connectivity index (χ0) is 16.6. The molecule has 1 aliphatic rings. The maximum absolute atomic E-state index is 12.6. The van der Waals surface area contributed by atoms with Gasteiger partial charge in [-0.05, 0) is 41.5 Å². The molecule has 7 heteroatoms. The number of aliphatic carboxylic acids is 1. The van der Waals surface area contributed by atoms with E-state index < -0.39 is 12.1 Å². The summed E-state index contributed by atoms with van der Waals surface area (Å²) in [5.41, 5.74) is 0.920. The summed E-state index contributed by atoms with van der Waals surface area (Å²) in [5, 5.41) is 12.7. The van der Waals surface area contributed by atoms with E-state index in [2.05, 4.69) is 0 Å². The third-order valence-electron chi connectivity index (χ3n) is 3.85. The highest BCUT2D eigenvalue weighted by Gasteiger charge is 2.32. The van der Waals surface area contributed by atoms with E-state index in [1.54, 1.807) is 23.2 Å². The number of ether oxygens (including phenoxy) is 1. The maximum Gasteiger partial charge on any atom is 0.334 e. The van der Waals surface area contributed by atoms with Crippen molar-refractivity contribution in [3.8, 4) is 0 Å². The lowest BCUT2D eigenvalue weighted by Crippen LogP contribution is -2.52. The summed E-state index contributed by atoms with van der Waals surface area (Å²) in [6.07, 6.45) is -1.02. The molecule has 5 nitrogen and oxygen atoms in total. The molecule has 1 unspecified atom stereocenters. The second-order valence-electron chi connectivity index (χ2n) is 5.65. The van der Waals surface area contributed by atoms with Crippen LogP contribution in [0.4, 0.5) is 0 Å². The molecule has 0 aliphatic carbocycles. The molecule has 1 amide bonds. The molecule has 3 rings (SSSR count). The van der Waals surface area contributed by atoms with Crippen LogP contribution in [0.5, 0.6) is 0 Å². The van der Waals surface area contributed by atoms with Crippen LogP contribution < -0.4 is 0 Å². The smallest absolute Gasteiger partial charge is 0.334 e. The fraction of sp³-hybridized carbons (Fsp3) is 0.375. The molecule has 2 aromatic rings. The summed E-state index contributed by atoms with van der Waals surface area (Å²) in [5.74, 6) is -1.13. The van der Waals surface area contributed by atoms with Crippen LogP contribution in [0, 0.1) is 0 Å². The Morgan fingerprint density at radius 1 is 1.43 bits per heavy atom. The van der Waals surface area contributed by atoms with Crippen LogP contribution in [0.2, 0.25) is 5.02 Å². The van der Waals surface area contributed by atoms with Crippen molar-refractivity contribution in [1.82, 2.24) is 4.90 Å². The lowest BCUT2D eigenvalue weighted by molar-refractivity contribution is -0.166. The van der Waals surface area contributed by atoms with Gasteiger partial charge in [-0.3, -0.25) is 4.79 Å². The van der Waals surface area contributed by atoms with Gasteiger partial charge in [0.25, 0.3) is 0 Å². The van der Waals surface area contributed by atoms with Gasteiger partial charge in [-0.1, -0.05) is 11.6 Å². The Bertz CT molecular complexity index is 760. The monoisotopic (exact) mass is 353 g/mol. The fourth-order valence-electron chi connectivity index (χ4n) is 2.76. The van der Waals surface area contributed by atoms with Crippen LogP contribution in [-0.4, -0.2) is 47.2 Å². The Hall–Kier alpha value is -1.63. The van der Waals surface area contributed by atoms with Gasteiger partial charge < -0.3 is 14.7 Å². The number of halogens is 1. The third kappa shape index (κ3) is 3.49. The second kappa shape index (κ2) is 6.47. The molecule has 0 bridgehead atoms. The molecule has 2 atom stereocenters. The molecule has 1 saturated heterocycles. The number of rotatable bonds is 3.